The van der Waals surface area contributed by atoms with Crippen molar-refractivity contribution in [3.63, 3.8) is 0 Å². The summed E-state index contributed by atoms with van der Waals surface area (Å²) < 4.78 is 18.7. The first-order chi connectivity index (χ1) is 13.2. The highest BCUT2D eigenvalue weighted by atomic mass is 32.2. The van der Waals surface area contributed by atoms with Crippen molar-refractivity contribution in [2.75, 3.05) is 12.4 Å². The van der Waals surface area contributed by atoms with E-state index in [1.807, 2.05) is 67.6 Å². The monoisotopic (exact) mass is 375 g/mol. The van der Waals surface area contributed by atoms with Gasteiger partial charge in [-0.25, -0.2) is 4.99 Å². The average molecular weight is 375 g/mol. The number of aliphatic imine (C=N–C) groups is 1. The lowest BCUT2D eigenvalue weighted by Crippen LogP contribution is -2.26. The molecule has 0 aromatic heterocycles. The van der Waals surface area contributed by atoms with Gasteiger partial charge in [0.25, 0.3) is 0 Å². The summed E-state index contributed by atoms with van der Waals surface area (Å²) >= 11 is 0. The lowest BCUT2D eigenvalue weighted by Gasteiger charge is -2.25. The molecule has 136 valence electrons. The maximum Gasteiger partial charge on any atom is 0.198 e. The Morgan fingerprint density at radius 1 is 0.889 bits per heavy atom. The Morgan fingerprint density at radius 3 is 2.00 bits per heavy atom. The van der Waals surface area contributed by atoms with Crippen molar-refractivity contribution in [1.82, 2.24) is 0 Å². The number of rotatable bonds is 5. The van der Waals surface area contributed by atoms with Crippen LogP contribution in [0.1, 0.15) is 16.7 Å². The zero-order chi connectivity index (χ0) is 18.7. The van der Waals surface area contributed by atoms with Crippen LogP contribution in [0.5, 0.6) is 0 Å². The van der Waals surface area contributed by atoms with E-state index < -0.39 is 16.3 Å². The quantitative estimate of drug-likeness (QED) is 0.660. The SMILES string of the molecule is Cc1ccc(S(=O)CC2=NC(c3ccccc3)(c3ccccc3)CO2)cc1. The van der Waals surface area contributed by atoms with Gasteiger partial charge in [-0.05, 0) is 30.2 Å². The number of aryl methyl sites for hydroxylation is 1. The molecule has 1 heterocycles. The molecule has 0 spiro atoms. The summed E-state index contributed by atoms with van der Waals surface area (Å²) in [6.45, 7) is 2.44. The molecule has 4 rings (SSSR count). The zero-order valence-electron chi connectivity index (χ0n) is 15.2. The largest absolute Gasteiger partial charge is 0.477 e. The van der Waals surface area contributed by atoms with Crippen molar-refractivity contribution in [3.05, 3.63) is 102 Å². The molecule has 0 amide bonds. The van der Waals surface area contributed by atoms with E-state index in [9.17, 15) is 4.21 Å². The maximum absolute atomic E-state index is 12.7. The summed E-state index contributed by atoms with van der Waals surface area (Å²) in [5.74, 6) is 0.825. The van der Waals surface area contributed by atoms with Crippen LogP contribution in [0.25, 0.3) is 0 Å². The second-order valence-corrected chi connectivity index (χ2v) is 8.14. The van der Waals surface area contributed by atoms with Crippen molar-refractivity contribution in [2.24, 2.45) is 4.99 Å². The van der Waals surface area contributed by atoms with E-state index in [0.29, 0.717) is 12.5 Å². The van der Waals surface area contributed by atoms with Crippen LogP contribution in [-0.2, 0) is 21.1 Å². The van der Waals surface area contributed by atoms with Crippen molar-refractivity contribution in [1.29, 1.82) is 0 Å². The molecule has 1 unspecified atom stereocenters. The summed E-state index contributed by atoms with van der Waals surface area (Å²) in [5.41, 5.74) is 2.71. The molecule has 27 heavy (non-hydrogen) atoms. The molecule has 1 aliphatic rings. The van der Waals surface area contributed by atoms with Gasteiger partial charge in [-0.15, -0.1) is 0 Å². The average Bonchev–Trinajstić information content (AvgIpc) is 3.15. The smallest absolute Gasteiger partial charge is 0.198 e. The zero-order valence-corrected chi connectivity index (χ0v) is 16.0. The normalized spacial score (nSPS) is 16.4. The highest BCUT2D eigenvalue weighted by molar-refractivity contribution is 7.85. The summed E-state index contributed by atoms with van der Waals surface area (Å²) in [6.07, 6.45) is 0. The first-order valence-corrected chi connectivity index (χ1v) is 10.3. The van der Waals surface area contributed by atoms with E-state index in [-0.39, 0.29) is 5.75 Å². The first kappa shape index (κ1) is 17.7. The molecule has 0 saturated carbocycles. The van der Waals surface area contributed by atoms with Gasteiger partial charge in [-0.2, -0.15) is 0 Å². The van der Waals surface area contributed by atoms with Gasteiger partial charge >= 0.3 is 0 Å². The highest BCUT2D eigenvalue weighted by Crippen LogP contribution is 2.38. The number of hydrogen-bond acceptors (Lipinski definition) is 3. The van der Waals surface area contributed by atoms with Crippen LogP contribution in [0.2, 0.25) is 0 Å². The third kappa shape index (κ3) is 3.58. The van der Waals surface area contributed by atoms with Crippen molar-refractivity contribution >= 4 is 16.7 Å². The minimum atomic E-state index is -1.18. The molecule has 3 nitrogen and oxygen atoms in total. The fourth-order valence-corrected chi connectivity index (χ4v) is 4.29. The Labute approximate surface area is 162 Å². The van der Waals surface area contributed by atoms with E-state index in [4.69, 9.17) is 9.73 Å². The first-order valence-electron chi connectivity index (χ1n) is 8.95. The Balaban J connectivity index is 1.67. The van der Waals surface area contributed by atoms with E-state index >= 15 is 0 Å². The third-order valence-electron chi connectivity index (χ3n) is 4.80. The van der Waals surface area contributed by atoms with Crippen molar-refractivity contribution < 1.29 is 8.95 Å². The van der Waals surface area contributed by atoms with Crippen molar-refractivity contribution in [3.8, 4) is 0 Å². The number of ether oxygens (including phenoxy) is 1. The van der Waals surface area contributed by atoms with E-state index in [2.05, 4.69) is 24.3 Å². The molecule has 0 radical (unpaired) electrons. The minimum Gasteiger partial charge on any atom is -0.477 e. The van der Waals surface area contributed by atoms with E-state index in [0.717, 1.165) is 21.6 Å². The Hall–Kier alpha value is -2.72. The fourth-order valence-electron chi connectivity index (χ4n) is 3.31. The molecule has 3 aromatic carbocycles. The number of hydrogen-bond donors (Lipinski definition) is 0. The Bertz CT molecular complexity index is 927. The second-order valence-electron chi connectivity index (χ2n) is 6.69. The molecular weight excluding hydrogens is 354 g/mol. The molecule has 1 atom stereocenters. The van der Waals surface area contributed by atoms with Crippen LogP contribution in [-0.4, -0.2) is 22.5 Å². The van der Waals surface area contributed by atoms with Gasteiger partial charge in [0.2, 0.25) is 0 Å². The van der Waals surface area contributed by atoms with Crippen LogP contribution in [0, 0.1) is 6.92 Å². The minimum absolute atomic E-state index is 0.282. The lowest BCUT2D eigenvalue weighted by molar-refractivity contribution is 0.280. The molecule has 3 aromatic rings. The maximum atomic E-state index is 12.7. The summed E-state index contributed by atoms with van der Waals surface area (Å²) in [5, 5.41) is 0. The van der Waals surface area contributed by atoms with Crippen LogP contribution in [0.15, 0.2) is 94.8 Å². The predicted molar refractivity (Wildman–Crippen MR) is 110 cm³/mol. The summed E-state index contributed by atoms with van der Waals surface area (Å²) in [7, 11) is -1.18. The van der Waals surface area contributed by atoms with Gasteiger partial charge in [-0.3, -0.25) is 4.21 Å². The number of benzene rings is 3. The standard InChI is InChI=1S/C23H21NO2S/c1-18-12-14-21(15-13-18)27(25)16-22-24-23(17-26-22,19-8-4-2-5-9-19)20-10-6-3-7-11-20/h2-15H,16-17H2,1H3. The van der Waals surface area contributed by atoms with Gasteiger partial charge < -0.3 is 4.74 Å². The molecule has 0 saturated heterocycles. The molecular formula is C23H21NO2S. The third-order valence-corrected chi connectivity index (χ3v) is 6.11. The molecule has 0 N–H and O–H groups in total. The Kier molecular flexibility index (Phi) is 4.90. The summed E-state index contributed by atoms with van der Waals surface area (Å²) in [4.78, 5) is 5.74. The van der Waals surface area contributed by atoms with Gasteiger partial charge in [-0.1, -0.05) is 78.4 Å². The lowest BCUT2D eigenvalue weighted by atomic mass is 9.84. The van der Waals surface area contributed by atoms with Gasteiger partial charge in [0.15, 0.2) is 5.90 Å². The van der Waals surface area contributed by atoms with Crippen LogP contribution < -0.4 is 0 Å². The van der Waals surface area contributed by atoms with Crippen LogP contribution in [0.4, 0.5) is 0 Å². The van der Waals surface area contributed by atoms with Crippen LogP contribution >= 0.6 is 0 Å². The topological polar surface area (TPSA) is 38.7 Å². The van der Waals surface area contributed by atoms with E-state index in [1.165, 1.54) is 0 Å². The molecule has 0 aliphatic carbocycles. The van der Waals surface area contributed by atoms with Crippen molar-refractivity contribution in [2.45, 2.75) is 17.4 Å². The van der Waals surface area contributed by atoms with Gasteiger partial charge in [0.1, 0.15) is 17.9 Å². The van der Waals surface area contributed by atoms with Gasteiger partial charge in [0, 0.05) is 4.90 Å². The van der Waals surface area contributed by atoms with Crippen LogP contribution in [0.3, 0.4) is 0 Å². The van der Waals surface area contributed by atoms with E-state index in [1.54, 1.807) is 0 Å². The predicted octanol–water partition coefficient (Wildman–Crippen LogP) is 4.48. The number of nitrogens with zero attached hydrogens (tertiary/aromatic N) is 1. The van der Waals surface area contributed by atoms with Gasteiger partial charge in [0.05, 0.1) is 10.8 Å². The summed E-state index contributed by atoms with van der Waals surface area (Å²) in [6, 6.07) is 28.1. The molecule has 0 fully saturated rings. The Morgan fingerprint density at radius 2 is 1.44 bits per heavy atom. The molecule has 4 heteroatoms. The second kappa shape index (κ2) is 7.49. The highest BCUT2D eigenvalue weighted by Gasteiger charge is 2.40. The molecule has 0 bridgehead atoms. The molecule has 1 aliphatic heterocycles. The fraction of sp³-hybridized carbons (Fsp3) is 0.174.